The van der Waals surface area contributed by atoms with Gasteiger partial charge in [0.2, 0.25) is 0 Å². The number of aryl methyl sites for hydroxylation is 1. The number of halogens is 2. The number of methoxy groups -OCH3 is 1. The molecule has 1 aromatic carbocycles. The first-order chi connectivity index (χ1) is 20.2. The number of pyridine rings is 4. The average molecular weight is 570 g/mol. The van der Waals surface area contributed by atoms with E-state index in [9.17, 15) is 13.6 Å². The molecule has 4 aromatic heterocycles. The summed E-state index contributed by atoms with van der Waals surface area (Å²) in [5, 5.41) is 6.25. The summed E-state index contributed by atoms with van der Waals surface area (Å²) in [6, 6.07) is 15.3. The van der Waals surface area contributed by atoms with E-state index in [-0.39, 0.29) is 11.4 Å². The molecule has 0 saturated heterocycles. The monoisotopic (exact) mass is 569 g/mol. The van der Waals surface area contributed by atoms with E-state index >= 15 is 0 Å². The van der Waals surface area contributed by atoms with E-state index in [1.807, 2.05) is 55.3 Å². The molecule has 0 bridgehead atoms. The molecule has 1 atom stereocenters. The van der Waals surface area contributed by atoms with Gasteiger partial charge in [0.1, 0.15) is 17.4 Å². The number of rotatable bonds is 9. The zero-order valence-corrected chi connectivity index (χ0v) is 23.5. The Bertz CT molecular complexity index is 1730. The van der Waals surface area contributed by atoms with E-state index in [1.54, 1.807) is 37.8 Å². The van der Waals surface area contributed by atoms with Crippen LogP contribution in [0, 0.1) is 6.92 Å². The van der Waals surface area contributed by atoms with Crippen molar-refractivity contribution in [3.8, 4) is 16.9 Å². The second-order valence-corrected chi connectivity index (χ2v) is 9.69. The molecule has 214 valence electrons. The van der Waals surface area contributed by atoms with Crippen molar-refractivity contribution in [2.45, 2.75) is 26.3 Å². The van der Waals surface area contributed by atoms with Crippen LogP contribution in [0.3, 0.4) is 0 Å². The molecule has 5 aromatic rings. The topological polar surface area (TPSA) is 105 Å². The van der Waals surface area contributed by atoms with Crippen LogP contribution in [0.4, 0.5) is 31.8 Å². The Hall–Kier alpha value is -5.19. The smallest absolute Gasteiger partial charge is 0.259 e. The fraction of sp³-hybridized carbons (Fsp3) is 0.194. The lowest BCUT2D eigenvalue weighted by Gasteiger charge is -2.19. The molecule has 42 heavy (non-hydrogen) atoms. The molecule has 1 unspecified atom stereocenters. The first-order valence-corrected chi connectivity index (χ1v) is 13.1. The Morgan fingerprint density at radius 2 is 1.76 bits per heavy atom. The van der Waals surface area contributed by atoms with Gasteiger partial charge in [-0.25, -0.2) is 18.7 Å². The second kappa shape index (κ2) is 12.1. The minimum Gasteiger partial charge on any atom is -0.497 e. The van der Waals surface area contributed by atoms with Crippen LogP contribution in [0.15, 0.2) is 79.4 Å². The molecule has 0 radical (unpaired) electrons. The molecule has 5 rings (SSSR count). The summed E-state index contributed by atoms with van der Waals surface area (Å²) in [5.41, 5.74) is 4.63. The summed E-state index contributed by atoms with van der Waals surface area (Å²) >= 11 is 0. The van der Waals surface area contributed by atoms with Gasteiger partial charge in [0.05, 0.1) is 36.1 Å². The number of fused-ring (bicyclic) bond motifs is 1. The predicted octanol–water partition coefficient (Wildman–Crippen LogP) is 6.49. The molecule has 0 saturated carbocycles. The molecule has 9 nitrogen and oxygen atoms in total. The van der Waals surface area contributed by atoms with Crippen LogP contribution < -0.4 is 20.3 Å². The Morgan fingerprint density at radius 3 is 2.50 bits per heavy atom. The van der Waals surface area contributed by atoms with Crippen molar-refractivity contribution in [2.24, 2.45) is 0 Å². The number of hydrogen-bond acceptors (Lipinski definition) is 8. The van der Waals surface area contributed by atoms with Crippen LogP contribution in [0.5, 0.6) is 5.75 Å². The van der Waals surface area contributed by atoms with Crippen LogP contribution in [0.1, 0.15) is 23.0 Å². The molecule has 0 aliphatic carbocycles. The largest absolute Gasteiger partial charge is 0.497 e. The van der Waals surface area contributed by atoms with Gasteiger partial charge in [0.25, 0.3) is 12.3 Å². The van der Waals surface area contributed by atoms with E-state index in [0.29, 0.717) is 5.69 Å². The number of anilines is 4. The van der Waals surface area contributed by atoms with Gasteiger partial charge < -0.3 is 20.3 Å². The lowest BCUT2D eigenvalue weighted by Crippen LogP contribution is -2.26. The number of benzene rings is 1. The van der Waals surface area contributed by atoms with Crippen LogP contribution in [-0.2, 0) is 0 Å². The maximum Gasteiger partial charge on any atom is 0.259 e. The van der Waals surface area contributed by atoms with Crippen LogP contribution in [0.2, 0.25) is 0 Å². The van der Waals surface area contributed by atoms with Crippen molar-refractivity contribution in [1.29, 1.82) is 0 Å². The Kier molecular flexibility index (Phi) is 8.19. The molecule has 0 aliphatic rings. The van der Waals surface area contributed by atoms with E-state index < -0.39 is 18.4 Å². The molecule has 4 heterocycles. The minimum atomic E-state index is -2.61. The predicted molar refractivity (Wildman–Crippen MR) is 160 cm³/mol. The highest BCUT2D eigenvalue weighted by Crippen LogP contribution is 2.30. The van der Waals surface area contributed by atoms with Crippen molar-refractivity contribution in [1.82, 2.24) is 19.9 Å². The van der Waals surface area contributed by atoms with Gasteiger partial charge in [-0.1, -0.05) is 0 Å². The maximum atomic E-state index is 13.1. The van der Waals surface area contributed by atoms with Crippen LogP contribution in [-0.4, -0.2) is 52.5 Å². The standard InChI is InChI=1S/C31H29F2N7O2/c1-18-26(13-22(17-35-18)39-31(41)25-6-5-11-34-30(25)38-19(2)29(32)33)20-12-21-16-37-28(14-27(21)36-15-20)40(3)23-7-9-24(42-4)10-8-23/h5-17,19,29H,1-4H3,(H,34,38)(H,39,41). The van der Waals surface area contributed by atoms with Crippen molar-refractivity contribution in [3.05, 3.63) is 90.6 Å². The van der Waals surface area contributed by atoms with Crippen molar-refractivity contribution in [2.75, 3.05) is 29.7 Å². The third-order valence-corrected chi connectivity index (χ3v) is 6.81. The van der Waals surface area contributed by atoms with Gasteiger partial charge in [-0.2, -0.15) is 0 Å². The third-order valence-electron chi connectivity index (χ3n) is 6.81. The van der Waals surface area contributed by atoms with Gasteiger partial charge in [-0.05, 0) is 62.4 Å². The molecule has 2 N–H and O–H groups in total. The number of amides is 1. The number of nitrogens with one attached hydrogen (secondary N) is 2. The number of carbonyl (C=O) groups excluding carboxylic acids is 1. The summed E-state index contributed by atoms with van der Waals surface area (Å²) in [4.78, 5) is 32.9. The van der Waals surface area contributed by atoms with Gasteiger partial charge in [0.15, 0.2) is 0 Å². The van der Waals surface area contributed by atoms with Crippen molar-refractivity contribution < 1.29 is 18.3 Å². The number of aromatic nitrogens is 4. The molecule has 0 fully saturated rings. The summed E-state index contributed by atoms with van der Waals surface area (Å²) in [6.45, 7) is 3.19. The molecular weight excluding hydrogens is 540 g/mol. The first kappa shape index (κ1) is 28.3. The quantitative estimate of drug-likeness (QED) is 0.208. The molecule has 0 spiro atoms. The summed E-state index contributed by atoms with van der Waals surface area (Å²) in [5.74, 6) is 1.09. The Balaban J connectivity index is 1.38. The number of carbonyl (C=O) groups is 1. The summed E-state index contributed by atoms with van der Waals surface area (Å²) < 4.78 is 31.4. The lowest BCUT2D eigenvalue weighted by molar-refractivity contribution is 0.102. The van der Waals surface area contributed by atoms with Gasteiger partial charge in [-0.3, -0.25) is 14.8 Å². The number of hydrogen-bond donors (Lipinski definition) is 2. The number of nitrogens with zero attached hydrogens (tertiary/aromatic N) is 5. The maximum absolute atomic E-state index is 13.1. The highest BCUT2D eigenvalue weighted by atomic mass is 19.3. The fourth-order valence-electron chi connectivity index (χ4n) is 4.35. The number of ether oxygens (including phenoxy) is 1. The Morgan fingerprint density at radius 1 is 0.976 bits per heavy atom. The summed E-state index contributed by atoms with van der Waals surface area (Å²) in [7, 11) is 3.56. The lowest BCUT2D eigenvalue weighted by atomic mass is 10.0. The molecule has 0 aliphatic heterocycles. The molecule has 1 amide bonds. The fourth-order valence-corrected chi connectivity index (χ4v) is 4.35. The van der Waals surface area contributed by atoms with E-state index in [1.165, 1.54) is 19.2 Å². The second-order valence-electron chi connectivity index (χ2n) is 9.69. The van der Waals surface area contributed by atoms with Crippen molar-refractivity contribution >= 4 is 39.8 Å². The van der Waals surface area contributed by atoms with E-state index in [4.69, 9.17) is 4.74 Å². The minimum absolute atomic E-state index is 0.0753. The SMILES string of the molecule is COc1ccc(N(C)c2cc3ncc(-c4cc(NC(=O)c5cccnc5NC(C)C(F)F)cnc4C)cc3cn2)cc1. The zero-order chi connectivity index (χ0) is 29.8. The van der Waals surface area contributed by atoms with E-state index in [2.05, 4.69) is 30.6 Å². The average Bonchev–Trinajstić information content (AvgIpc) is 3.01. The van der Waals surface area contributed by atoms with Crippen LogP contribution >= 0.6 is 0 Å². The third kappa shape index (κ3) is 6.09. The highest BCUT2D eigenvalue weighted by Gasteiger charge is 2.19. The van der Waals surface area contributed by atoms with Crippen molar-refractivity contribution in [3.63, 3.8) is 0 Å². The normalized spacial score (nSPS) is 11.8. The molecule has 11 heteroatoms. The van der Waals surface area contributed by atoms with Gasteiger partial charge in [-0.15, -0.1) is 0 Å². The molecular formula is C31H29F2N7O2. The van der Waals surface area contributed by atoms with Crippen LogP contribution in [0.25, 0.3) is 22.0 Å². The van der Waals surface area contributed by atoms with E-state index in [0.717, 1.165) is 45.0 Å². The summed E-state index contributed by atoms with van der Waals surface area (Å²) in [6.07, 6.45) is 3.89. The highest BCUT2D eigenvalue weighted by molar-refractivity contribution is 6.07. The van der Waals surface area contributed by atoms with Gasteiger partial charge in [0, 0.05) is 59.6 Å². The first-order valence-electron chi connectivity index (χ1n) is 13.1. The number of alkyl halides is 2. The Labute approximate surface area is 241 Å². The van der Waals surface area contributed by atoms with Gasteiger partial charge >= 0.3 is 0 Å². The zero-order valence-electron chi connectivity index (χ0n) is 23.5.